The molecule has 1 aromatic heterocycles. The van der Waals surface area contributed by atoms with Crippen LogP contribution in [0.1, 0.15) is 10.7 Å². The molecule has 0 radical (unpaired) electrons. The van der Waals surface area contributed by atoms with Crippen LogP contribution in [0.4, 0.5) is 0 Å². The van der Waals surface area contributed by atoms with Crippen LogP contribution >= 0.6 is 27.3 Å². The minimum absolute atomic E-state index is 1.02. The lowest BCUT2D eigenvalue weighted by Gasteiger charge is -1.75. The Morgan fingerprint density at radius 1 is 1.78 bits per heavy atom. The van der Waals surface area contributed by atoms with E-state index in [-0.39, 0.29) is 0 Å². The molecular weight excluding hydrogens is 198 g/mol. The largest absolute Gasteiger partial charge is 0.242 e. The van der Waals surface area contributed by atoms with Gasteiger partial charge in [-0.05, 0) is 18.0 Å². The summed E-state index contributed by atoms with van der Waals surface area (Å²) in [6.07, 6.45) is 1.92. The summed E-state index contributed by atoms with van der Waals surface area (Å²) in [7, 11) is 0. The van der Waals surface area contributed by atoms with E-state index in [0.717, 1.165) is 10.7 Å². The van der Waals surface area contributed by atoms with Gasteiger partial charge >= 0.3 is 0 Å². The Balaban J connectivity index is 2.85. The van der Waals surface area contributed by atoms with Gasteiger partial charge in [0.2, 0.25) is 0 Å². The summed E-state index contributed by atoms with van der Waals surface area (Å²) < 4.78 is 0. The van der Waals surface area contributed by atoms with Crippen LogP contribution in [0.25, 0.3) is 6.08 Å². The maximum Gasteiger partial charge on any atom is 0.0901 e. The second-order valence-electron chi connectivity index (χ2n) is 1.58. The van der Waals surface area contributed by atoms with Gasteiger partial charge in [0.1, 0.15) is 0 Å². The third-order valence-electron chi connectivity index (χ3n) is 0.871. The van der Waals surface area contributed by atoms with E-state index in [0.29, 0.717) is 0 Å². The molecule has 0 amide bonds. The number of thiazole rings is 1. The minimum atomic E-state index is 1.02. The molecule has 0 bridgehead atoms. The highest BCUT2D eigenvalue weighted by molar-refractivity contribution is 9.11. The Bertz CT molecular complexity index is 217. The maximum atomic E-state index is 4.20. The van der Waals surface area contributed by atoms with Crippen LogP contribution < -0.4 is 0 Å². The lowest BCUT2D eigenvalue weighted by molar-refractivity contribution is 1.28. The molecule has 0 aliphatic heterocycles. The molecule has 0 N–H and O–H groups in total. The van der Waals surface area contributed by atoms with Crippen LogP contribution in [-0.4, -0.2) is 4.98 Å². The van der Waals surface area contributed by atoms with Crippen molar-refractivity contribution in [2.75, 3.05) is 0 Å². The number of nitrogens with zero attached hydrogens (tertiary/aromatic N) is 1. The molecule has 1 nitrogen and oxygen atoms in total. The van der Waals surface area contributed by atoms with Crippen LogP contribution in [-0.2, 0) is 0 Å². The van der Waals surface area contributed by atoms with Gasteiger partial charge < -0.3 is 0 Å². The number of hydrogen-bond acceptors (Lipinski definition) is 2. The number of hydrogen-bond donors (Lipinski definition) is 0. The van der Waals surface area contributed by atoms with E-state index in [2.05, 4.69) is 20.9 Å². The second kappa shape index (κ2) is 3.13. The van der Waals surface area contributed by atoms with Gasteiger partial charge in [-0.3, -0.25) is 0 Å². The SMILES string of the molecule is Cc1nc(/C=C/Br)cs1. The fourth-order valence-electron chi connectivity index (χ4n) is 0.521. The summed E-state index contributed by atoms with van der Waals surface area (Å²) in [6.45, 7) is 2.00. The van der Waals surface area contributed by atoms with Crippen molar-refractivity contribution in [1.29, 1.82) is 0 Å². The number of halogens is 1. The molecule has 1 heterocycles. The smallest absolute Gasteiger partial charge is 0.0901 e. The molecule has 0 aliphatic carbocycles. The first-order chi connectivity index (χ1) is 4.33. The number of rotatable bonds is 1. The van der Waals surface area contributed by atoms with Gasteiger partial charge in [0.05, 0.1) is 10.7 Å². The lowest BCUT2D eigenvalue weighted by Crippen LogP contribution is -1.68. The molecular formula is C6H6BrNS. The standard InChI is InChI=1S/C6H6BrNS/c1-5-8-6(2-3-7)4-9-5/h2-4H,1H3/b3-2+. The first-order valence-corrected chi connectivity index (χ1v) is 4.31. The van der Waals surface area contributed by atoms with E-state index in [1.807, 2.05) is 23.4 Å². The highest BCUT2D eigenvalue weighted by atomic mass is 79.9. The van der Waals surface area contributed by atoms with E-state index in [9.17, 15) is 0 Å². The van der Waals surface area contributed by atoms with Gasteiger partial charge in [0, 0.05) is 5.38 Å². The fourth-order valence-corrected chi connectivity index (χ4v) is 1.37. The third-order valence-corrected chi connectivity index (χ3v) is 1.93. The molecule has 1 aromatic rings. The van der Waals surface area contributed by atoms with Crippen molar-refractivity contribution < 1.29 is 0 Å². The highest BCUT2D eigenvalue weighted by Crippen LogP contribution is 2.09. The van der Waals surface area contributed by atoms with Crippen LogP contribution in [0.3, 0.4) is 0 Å². The minimum Gasteiger partial charge on any atom is -0.242 e. The molecule has 0 unspecified atom stereocenters. The Hall–Kier alpha value is -0.150. The molecule has 3 heteroatoms. The molecule has 0 spiro atoms. The maximum absolute atomic E-state index is 4.20. The molecule has 0 aliphatic rings. The molecule has 0 saturated carbocycles. The van der Waals surface area contributed by atoms with Crippen molar-refractivity contribution in [2.45, 2.75) is 6.92 Å². The van der Waals surface area contributed by atoms with Crippen molar-refractivity contribution in [3.05, 3.63) is 21.1 Å². The zero-order chi connectivity index (χ0) is 6.69. The fraction of sp³-hybridized carbons (Fsp3) is 0.167. The summed E-state index contributed by atoms with van der Waals surface area (Å²) >= 11 is 4.84. The zero-order valence-electron chi connectivity index (χ0n) is 4.97. The topological polar surface area (TPSA) is 12.9 Å². The van der Waals surface area contributed by atoms with Crippen LogP contribution in [0, 0.1) is 6.92 Å². The summed E-state index contributed by atoms with van der Waals surface area (Å²) in [6, 6.07) is 0. The average Bonchev–Trinajstić information content (AvgIpc) is 2.17. The summed E-state index contributed by atoms with van der Waals surface area (Å²) in [5, 5.41) is 3.13. The van der Waals surface area contributed by atoms with Crippen molar-refractivity contribution in [2.24, 2.45) is 0 Å². The van der Waals surface area contributed by atoms with Gasteiger partial charge in [0.25, 0.3) is 0 Å². The molecule has 1 rings (SSSR count). The first kappa shape index (κ1) is 6.96. The van der Waals surface area contributed by atoms with E-state index < -0.39 is 0 Å². The van der Waals surface area contributed by atoms with Gasteiger partial charge in [-0.15, -0.1) is 11.3 Å². The van der Waals surface area contributed by atoms with Crippen LogP contribution in [0.15, 0.2) is 10.4 Å². The van der Waals surface area contributed by atoms with Crippen LogP contribution in [0.5, 0.6) is 0 Å². The van der Waals surface area contributed by atoms with E-state index >= 15 is 0 Å². The second-order valence-corrected chi connectivity index (χ2v) is 3.17. The Morgan fingerprint density at radius 2 is 2.56 bits per heavy atom. The lowest BCUT2D eigenvalue weighted by atomic mass is 10.5. The number of aryl methyl sites for hydroxylation is 1. The van der Waals surface area contributed by atoms with Gasteiger partial charge in [-0.25, -0.2) is 4.98 Å². The van der Waals surface area contributed by atoms with Gasteiger partial charge in [-0.1, -0.05) is 15.9 Å². The van der Waals surface area contributed by atoms with E-state index in [4.69, 9.17) is 0 Å². The molecule has 0 fully saturated rings. The average molecular weight is 204 g/mol. The van der Waals surface area contributed by atoms with Crippen molar-refractivity contribution >= 4 is 33.3 Å². The molecule has 9 heavy (non-hydrogen) atoms. The first-order valence-electron chi connectivity index (χ1n) is 2.52. The Labute approximate surface area is 66.6 Å². The van der Waals surface area contributed by atoms with Crippen molar-refractivity contribution in [3.8, 4) is 0 Å². The van der Waals surface area contributed by atoms with E-state index in [1.54, 1.807) is 11.3 Å². The van der Waals surface area contributed by atoms with Crippen LogP contribution in [0.2, 0.25) is 0 Å². The number of aromatic nitrogens is 1. The molecule has 48 valence electrons. The summed E-state index contributed by atoms with van der Waals surface area (Å²) in [4.78, 5) is 6.01. The highest BCUT2D eigenvalue weighted by Gasteiger charge is 1.89. The monoisotopic (exact) mass is 203 g/mol. The van der Waals surface area contributed by atoms with Gasteiger partial charge in [-0.2, -0.15) is 0 Å². The van der Waals surface area contributed by atoms with Crippen molar-refractivity contribution in [3.63, 3.8) is 0 Å². The predicted octanol–water partition coefficient (Wildman–Crippen LogP) is 2.82. The van der Waals surface area contributed by atoms with Crippen molar-refractivity contribution in [1.82, 2.24) is 4.98 Å². The molecule has 0 saturated heterocycles. The third kappa shape index (κ3) is 1.91. The quantitative estimate of drug-likeness (QED) is 0.685. The summed E-state index contributed by atoms with van der Waals surface area (Å²) in [5.74, 6) is 0. The van der Waals surface area contributed by atoms with Gasteiger partial charge in [0.15, 0.2) is 0 Å². The normalized spacial score (nSPS) is 10.9. The predicted molar refractivity (Wildman–Crippen MR) is 44.8 cm³/mol. The molecule has 0 aromatic carbocycles. The zero-order valence-corrected chi connectivity index (χ0v) is 7.37. The van der Waals surface area contributed by atoms with E-state index in [1.165, 1.54) is 0 Å². The Morgan fingerprint density at radius 3 is 3.00 bits per heavy atom. The summed E-state index contributed by atoms with van der Waals surface area (Å²) in [5.41, 5.74) is 1.02. The Kier molecular flexibility index (Phi) is 2.42. The molecule has 0 atom stereocenters.